The number of benzene rings is 2. The van der Waals surface area contributed by atoms with E-state index in [1.54, 1.807) is 4.90 Å². The maximum absolute atomic E-state index is 12.8. The summed E-state index contributed by atoms with van der Waals surface area (Å²) in [6.07, 6.45) is 0.727. The maximum Gasteiger partial charge on any atom is 0.257 e. The largest absolute Gasteiger partial charge is 0.343 e. The Bertz CT molecular complexity index is 1240. The fourth-order valence-corrected chi connectivity index (χ4v) is 6.03. The predicted molar refractivity (Wildman–Crippen MR) is 120 cm³/mol. The monoisotopic (exact) mass is 458 g/mol. The van der Waals surface area contributed by atoms with Crippen LogP contribution in [-0.2, 0) is 14.8 Å². The first-order chi connectivity index (χ1) is 14.8. The first kappa shape index (κ1) is 21.4. The quantitative estimate of drug-likeness (QED) is 0.593. The van der Waals surface area contributed by atoms with E-state index in [9.17, 15) is 18.0 Å². The molecule has 0 spiro atoms. The molecular formula is C21H22N4O4S2. The smallest absolute Gasteiger partial charge is 0.257 e. The first-order valence-corrected chi connectivity index (χ1v) is 12.0. The normalized spacial score (nSPS) is 15.2. The van der Waals surface area contributed by atoms with Crippen LogP contribution in [0.2, 0.25) is 0 Å². The molecule has 3 aromatic rings. The van der Waals surface area contributed by atoms with Gasteiger partial charge in [0.2, 0.25) is 16.4 Å². The zero-order valence-corrected chi connectivity index (χ0v) is 18.8. The molecule has 31 heavy (non-hydrogen) atoms. The third-order valence-corrected chi connectivity index (χ3v) is 8.06. The van der Waals surface area contributed by atoms with Crippen LogP contribution in [0.15, 0.2) is 41.3 Å². The number of sulfonamides is 1. The predicted octanol–water partition coefficient (Wildman–Crippen LogP) is 2.63. The van der Waals surface area contributed by atoms with Crippen LogP contribution >= 0.6 is 11.3 Å². The number of hydrogen-bond acceptors (Lipinski definition) is 6. The van der Waals surface area contributed by atoms with Gasteiger partial charge in [-0.15, -0.1) is 0 Å². The average molecular weight is 459 g/mol. The summed E-state index contributed by atoms with van der Waals surface area (Å²) in [5, 5.41) is 3.30. The van der Waals surface area contributed by atoms with Crippen molar-refractivity contribution >= 4 is 49.0 Å². The highest BCUT2D eigenvalue weighted by Gasteiger charge is 2.28. The van der Waals surface area contributed by atoms with E-state index in [-0.39, 0.29) is 23.9 Å². The summed E-state index contributed by atoms with van der Waals surface area (Å²) >= 11 is 1.40. The Morgan fingerprint density at radius 1 is 1.10 bits per heavy atom. The number of aryl methyl sites for hydroxylation is 2. The van der Waals surface area contributed by atoms with E-state index in [0.29, 0.717) is 23.8 Å². The second-order valence-corrected chi connectivity index (χ2v) is 10.4. The van der Waals surface area contributed by atoms with Gasteiger partial charge in [-0.2, -0.15) is 4.31 Å². The number of nitrogens with zero attached hydrogens (tertiary/aromatic N) is 3. The lowest BCUT2D eigenvalue weighted by molar-refractivity contribution is -0.119. The van der Waals surface area contributed by atoms with Crippen molar-refractivity contribution in [3.8, 4) is 0 Å². The van der Waals surface area contributed by atoms with Crippen molar-refractivity contribution in [3.63, 3.8) is 0 Å². The molecule has 1 aliphatic heterocycles. The number of nitrogens with one attached hydrogen (secondary N) is 1. The molecule has 0 aliphatic carbocycles. The summed E-state index contributed by atoms with van der Waals surface area (Å²) in [4.78, 5) is 29.6. The van der Waals surface area contributed by atoms with Crippen LogP contribution in [-0.4, -0.2) is 61.1 Å². The van der Waals surface area contributed by atoms with E-state index in [4.69, 9.17) is 0 Å². The van der Waals surface area contributed by atoms with E-state index < -0.39 is 10.0 Å². The van der Waals surface area contributed by atoms with Crippen molar-refractivity contribution in [2.75, 3.05) is 31.5 Å². The van der Waals surface area contributed by atoms with Crippen LogP contribution in [0, 0.1) is 13.8 Å². The summed E-state index contributed by atoms with van der Waals surface area (Å²) in [6, 6.07) is 9.93. The molecular weight excluding hydrogens is 436 g/mol. The number of fused-ring (bicyclic) bond motifs is 1. The number of aromatic nitrogens is 1. The molecule has 8 nitrogen and oxygen atoms in total. The molecule has 1 aliphatic rings. The van der Waals surface area contributed by atoms with Gasteiger partial charge < -0.3 is 4.90 Å². The molecule has 2 aromatic carbocycles. The van der Waals surface area contributed by atoms with Gasteiger partial charge in [0.25, 0.3) is 5.91 Å². The van der Waals surface area contributed by atoms with E-state index in [1.807, 2.05) is 26.0 Å². The summed E-state index contributed by atoms with van der Waals surface area (Å²) < 4.78 is 28.0. The molecule has 0 radical (unpaired) electrons. The Morgan fingerprint density at radius 3 is 2.42 bits per heavy atom. The van der Waals surface area contributed by atoms with Crippen molar-refractivity contribution < 1.29 is 18.0 Å². The zero-order valence-electron chi connectivity index (χ0n) is 17.2. The minimum absolute atomic E-state index is 0.120. The number of rotatable bonds is 5. The van der Waals surface area contributed by atoms with Gasteiger partial charge in [0.15, 0.2) is 5.13 Å². The number of thiazole rings is 1. The molecule has 10 heteroatoms. The molecule has 0 bridgehead atoms. The SMILES string of the molecule is Cc1cc(C)c2nc(NC(=O)c3ccc(S(=O)(=O)N4CCN(C=O)CC4)cc3)sc2c1. The molecule has 1 aromatic heterocycles. The second-order valence-electron chi connectivity index (χ2n) is 7.47. The summed E-state index contributed by atoms with van der Waals surface area (Å²) in [5.41, 5.74) is 3.39. The van der Waals surface area contributed by atoms with Gasteiger partial charge in [0, 0.05) is 31.7 Å². The number of carbonyl (C=O) groups excluding carboxylic acids is 2. The van der Waals surface area contributed by atoms with Crippen LogP contribution in [0.25, 0.3) is 10.2 Å². The lowest BCUT2D eigenvalue weighted by Crippen LogP contribution is -2.47. The van der Waals surface area contributed by atoms with E-state index in [1.165, 1.54) is 39.9 Å². The van der Waals surface area contributed by atoms with Gasteiger partial charge in [-0.1, -0.05) is 17.4 Å². The van der Waals surface area contributed by atoms with Crippen LogP contribution in [0.1, 0.15) is 21.5 Å². The standard InChI is InChI=1S/C21H22N4O4S2/c1-14-11-15(2)19-18(12-14)30-21(22-19)23-20(27)16-3-5-17(6-4-16)31(28,29)25-9-7-24(13-26)8-10-25/h3-6,11-13H,7-10H2,1-2H3,(H,22,23,27). The lowest BCUT2D eigenvalue weighted by atomic mass is 10.1. The second kappa shape index (κ2) is 8.37. The van der Waals surface area contributed by atoms with Crippen LogP contribution in [0.3, 0.4) is 0 Å². The Kier molecular flexibility index (Phi) is 5.78. The number of piperazine rings is 1. The Morgan fingerprint density at radius 2 is 1.77 bits per heavy atom. The van der Waals surface area contributed by atoms with Gasteiger partial charge >= 0.3 is 0 Å². The lowest BCUT2D eigenvalue weighted by Gasteiger charge is -2.31. The number of hydrogen-bond donors (Lipinski definition) is 1. The number of carbonyl (C=O) groups is 2. The minimum Gasteiger partial charge on any atom is -0.343 e. The van der Waals surface area contributed by atoms with Gasteiger partial charge in [0.1, 0.15) is 0 Å². The molecule has 4 rings (SSSR count). The Labute approximate surface area is 184 Å². The minimum atomic E-state index is -3.67. The van der Waals surface area contributed by atoms with Crippen LogP contribution in [0.5, 0.6) is 0 Å². The third-order valence-electron chi connectivity index (χ3n) is 5.23. The molecule has 0 atom stereocenters. The maximum atomic E-state index is 12.8. The summed E-state index contributed by atoms with van der Waals surface area (Å²) in [7, 11) is -3.67. The molecule has 2 amide bonds. The Hall–Kier alpha value is -2.82. The van der Waals surface area contributed by atoms with Gasteiger partial charge in [-0.05, 0) is 55.3 Å². The van der Waals surface area contributed by atoms with Gasteiger partial charge in [0.05, 0.1) is 15.1 Å². The number of anilines is 1. The zero-order chi connectivity index (χ0) is 22.2. The average Bonchev–Trinajstić information content (AvgIpc) is 3.16. The van der Waals surface area contributed by atoms with Crippen molar-refractivity contribution in [2.45, 2.75) is 18.7 Å². The highest BCUT2D eigenvalue weighted by molar-refractivity contribution is 7.89. The highest BCUT2D eigenvalue weighted by Crippen LogP contribution is 2.29. The highest BCUT2D eigenvalue weighted by atomic mass is 32.2. The topological polar surface area (TPSA) is 99.7 Å². The molecule has 162 valence electrons. The fourth-order valence-electron chi connectivity index (χ4n) is 3.57. The van der Waals surface area contributed by atoms with Crippen molar-refractivity contribution in [3.05, 3.63) is 53.1 Å². The number of amides is 2. The van der Waals surface area contributed by atoms with E-state index >= 15 is 0 Å². The summed E-state index contributed by atoms with van der Waals surface area (Å²) in [6.45, 7) is 5.23. The van der Waals surface area contributed by atoms with E-state index in [0.717, 1.165) is 27.8 Å². The van der Waals surface area contributed by atoms with Crippen LogP contribution in [0.4, 0.5) is 5.13 Å². The summed E-state index contributed by atoms with van der Waals surface area (Å²) in [5.74, 6) is -0.350. The fraction of sp³-hybridized carbons (Fsp3) is 0.286. The van der Waals surface area contributed by atoms with Crippen LogP contribution < -0.4 is 5.32 Å². The molecule has 0 unspecified atom stereocenters. The molecule has 0 saturated carbocycles. The third kappa shape index (κ3) is 4.32. The molecule has 1 saturated heterocycles. The van der Waals surface area contributed by atoms with Gasteiger partial charge in [-0.3, -0.25) is 14.9 Å². The molecule has 1 fully saturated rings. The molecule has 2 heterocycles. The molecule has 1 N–H and O–H groups in total. The Balaban J connectivity index is 1.48. The van der Waals surface area contributed by atoms with Crippen molar-refractivity contribution in [1.82, 2.24) is 14.2 Å². The van der Waals surface area contributed by atoms with Crippen molar-refractivity contribution in [1.29, 1.82) is 0 Å². The first-order valence-electron chi connectivity index (χ1n) is 9.76. The van der Waals surface area contributed by atoms with Gasteiger partial charge in [-0.25, -0.2) is 13.4 Å². The van der Waals surface area contributed by atoms with Crippen molar-refractivity contribution in [2.24, 2.45) is 0 Å². The van der Waals surface area contributed by atoms with E-state index in [2.05, 4.69) is 10.3 Å².